The molecular weight excluding hydrogens is 302 g/mol. The Labute approximate surface area is 153 Å². The number of benzene rings is 2. The summed E-state index contributed by atoms with van der Waals surface area (Å²) >= 11 is 0. The summed E-state index contributed by atoms with van der Waals surface area (Å²) in [6, 6.07) is 17.5. The summed E-state index contributed by atoms with van der Waals surface area (Å²) in [5.41, 5.74) is 5.81. The first kappa shape index (κ1) is 17.8. The van der Waals surface area contributed by atoms with Crippen LogP contribution in [0.4, 0.5) is 5.69 Å². The molecule has 25 heavy (non-hydrogen) atoms. The smallest absolute Gasteiger partial charge is 0.0402 e. The van der Waals surface area contributed by atoms with Crippen LogP contribution in [0.25, 0.3) is 11.1 Å². The lowest BCUT2D eigenvalue weighted by atomic mass is 9.74. The molecule has 1 fully saturated rings. The number of piperidine rings is 1. The van der Waals surface area contributed by atoms with Gasteiger partial charge in [0.1, 0.15) is 0 Å². The van der Waals surface area contributed by atoms with Crippen molar-refractivity contribution in [3.8, 4) is 11.1 Å². The standard InChI is InChI=1S/C24H31N/c1-4-6-15-24(5-2)16-18-25(19-17-24)23-14-10-13-22(20(23)3)21-11-8-7-9-12-21/h5,7-14H,2,4,6,15-19H2,1,3H3. The molecule has 0 atom stereocenters. The average Bonchev–Trinajstić information content (AvgIpc) is 2.68. The van der Waals surface area contributed by atoms with Gasteiger partial charge in [-0.15, -0.1) is 6.58 Å². The van der Waals surface area contributed by atoms with Crippen LogP contribution in [0.2, 0.25) is 0 Å². The van der Waals surface area contributed by atoms with Gasteiger partial charge >= 0.3 is 0 Å². The third kappa shape index (κ3) is 3.81. The Kier molecular flexibility index (Phi) is 5.63. The maximum absolute atomic E-state index is 4.16. The molecule has 1 saturated heterocycles. The summed E-state index contributed by atoms with van der Waals surface area (Å²) < 4.78 is 0. The zero-order valence-electron chi connectivity index (χ0n) is 15.8. The number of rotatable bonds is 6. The van der Waals surface area contributed by atoms with Crippen LogP contribution in [0.1, 0.15) is 44.6 Å². The summed E-state index contributed by atoms with van der Waals surface area (Å²) in [6.45, 7) is 11.0. The second kappa shape index (κ2) is 7.91. The van der Waals surface area contributed by atoms with Crippen LogP contribution in [0, 0.1) is 12.3 Å². The lowest BCUT2D eigenvalue weighted by Crippen LogP contribution is -2.39. The van der Waals surface area contributed by atoms with E-state index in [1.54, 1.807) is 0 Å². The summed E-state index contributed by atoms with van der Waals surface area (Å²) in [5, 5.41) is 0. The average molecular weight is 334 g/mol. The Balaban J connectivity index is 1.79. The van der Waals surface area contributed by atoms with Gasteiger partial charge in [-0.3, -0.25) is 0 Å². The minimum absolute atomic E-state index is 0.359. The molecule has 2 aromatic carbocycles. The molecule has 2 aromatic rings. The molecule has 1 aliphatic heterocycles. The molecule has 0 aromatic heterocycles. The lowest BCUT2D eigenvalue weighted by Gasteiger charge is -2.42. The Hall–Kier alpha value is -2.02. The van der Waals surface area contributed by atoms with Gasteiger partial charge in [0.2, 0.25) is 0 Å². The quantitative estimate of drug-likeness (QED) is 0.537. The van der Waals surface area contributed by atoms with E-state index >= 15 is 0 Å². The van der Waals surface area contributed by atoms with Crippen molar-refractivity contribution in [1.29, 1.82) is 0 Å². The van der Waals surface area contributed by atoms with E-state index in [-0.39, 0.29) is 0 Å². The second-order valence-electron chi connectivity index (χ2n) is 7.47. The van der Waals surface area contributed by atoms with E-state index in [0.29, 0.717) is 5.41 Å². The second-order valence-corrected chi connectivity index (χ2v) is 7.47. The fraction of sp³-hybridized carbons (Fsp3) is 0.417. The largest absolute Gasteiger partial charge is 0.371 e. The molecule has 0 amide bonds. The van der Waals surface area contributed by atoms with Crippen molar-refractivity contribution in [3.05, 3.63) is 66.7 Å². The Bertz CT molecular complexity index is 693. The van der Waals surface area contributed by atoms with Crippen molar-refractivity contribution in [2.45, 2.75) is 46.0 Å². The highest BCUT2D eigenvalue weighted by Gasteiger charge is 2.31. The van der Waals surface area contributed by atoms with E-state index in [1.165, 1.54) is 54.5 Å². The fourth-order valence-electron chi connectivity index (χ4n) is 4.17. The molecule has 0 bridgehead atoms. The fourth-order valence-corrected chi connectivity index (χ4v) is 4.17. The highest BCUT2D eigenvalue weighted by atomic mass is 15.1. The van der Waals surface area contributed by atoms with Crippen molar-refractivity contribution in [3.63, 3.8) is 0 Å². The van der Waals surface area contributed by atoms with Crippen molar-refractivity contribution in [1.82, 2.24) is 0 Å². The van der Waals surface area contributed by atoms with Gasteiger partial charge in [-0.05, 0) is 54.4 Å². The number of hydrogen-bond donors (Lipinski definition) is 0. The predicted molar refractivity (Wildman–Crippen MR) is 110 cm³/mol. The molecule has 0 unspecified atom stereocenters. The van der Waals surface area contributed by atoms with Crippen LogP contribution in [-0.4, -0.2) is 13.1 Å². The van der Waals surface area contributed by atoms with Crippen molar-refractivity contribution in [2.24, 2.45) is 5.41 Å². The molecule has 3 rings (SSSR count). The lowest BCUT2D eigenvalue weighted by molar-refractivity contribution is 0.265. The van der Waals surface area contributed by atoms with E-state index in [1.807, 2.05) is 0 Å². The molecule has 0 saturated carbocycles. The summed E-state index contributed by atoms with van der Waals surface area (Å²) in [4.78, 5) is 2.58. The van der Waals surface area contributed by atoms with Gasteiger partial charge in [0.25, 0.3) is 0 Å². The first-order chi connectivity index (χ1) is 12.2. The van der Waals surface area contributed by atoms with Crippen LogP contribution in [0.3, 0.4) is 0 Å². The van der Waals surface area contributed by atoms with Gasteiger partial charge in [0.05, 0.1) is 0 Å². The summed E-state index contributed by atoms with van der Waals surface area (Å²) in [5.74, 6) is 0. The number of anilines is 1. The van der Waals surface area contributed by atoms with Gasteiger partial charge in [-0.1, -0.05) is 68.3 Å². The highest BCUT2D eigenvalue weighted by molar-refractivity contribution is 5.74. The third-order valence-corrected chi connectivity index (χ3v) is 5.95. The van der Waals surface area contributed by atoms with Crippen LogP contribution >= 0.6 is 0 Å². The molecular formula is C24H31N. The van der Waals surface area contributed by atoms with E-state index in [2.05, 4.69) is 79.9 Å². The topological polar surface area (TPSA) is 3.24 Å². The van der Waals surface area contributed by atoms with Gasteiger partial charge in [0.15, 0.2) is 0 Å². The Morgan fingerprint density at radius 2 is 1.76 bits per heavy atom. The minimum atomic E-state index is 0.359. The minimum Gasteiger partial charge on any atom is -0.371 e. The molecule has 0 radical (unpaired) electrons. The van der Waals surface area contributed by atoms with Gasteiger partial charge < -0.3 is 4.90 Å². The maximum atomic E-state index is 4.16. The summed E-state index contributed by atoms with van der Waals surface area (Å²) in [7, 11) is 0. The van der Waals surface area contributed by atoms with Crippen LogP contribution in [0.5, 0.6) is 0 Å². The van der Waals surface area contributed by atoms with Gasteiger partial charge in [-0.2, -0.15) is 0 Å². The number of allylic oxidation sites excluding steroid dienone is 1. The summed E-state index contributed by atoms with van der Waals surface area (Å²) in [6.07, 6.45) is 8.58. The number of nitrogens with zero attached hydrogens (tertiary/aromatic N) is 1. The molecule has 1 heterocycles. The highest BCUT2D eigenvalue weighted by Crippen LogP contribution is 2.40. The maximum Gasteiger partial charge on any atom is 0.0402 e. The molecule has 1 nitrogen and oxygen atoms in total. The third-order valence-electron chi connectivity index (χ3n) is 5.95. The molecule has 0 aliphatic carbocycles. The van der Waals surface area contributed by atoms with E-state index < -0.39 is 0 Å². The number of unbranched alkanes of at least 4 members (excludes halogenated alkanes) is 1. The molecule has 0 spiro atoms. The molecule has 1 aliphatic rings. The van der Waals surface area contributed by atoms with Crippen molar-refractivity contribution >= 4 is 5.69 Å². The monoisotopic (exact) mass is 333 g/mol. The van der Waals surface area contributed by atoms with Crippen LogP contribution < -0.4 is 4.90 Å². The van der Waals surface area contributed by atoms with Gasteiger partial charge in [-0.25, -0.2) is 0 Å². The predicted octanol–water partition coefficient (Wildman–Crippen LogP) is 6.62. The molecule has 132 valence electrons. The van der Waals surface area contributed by atoms with Gasteiger partial charge in [0, 0.05) is 18.8 Å². The zero-order valence-corrected chi connectivity index (χ0v) is 15.8. The van der Waals surface area contributed by atoms with Crippen molar-refractivity contribution in [2.75, 3.05) is 18.0 Å². The number of hydrogen-bond acceptors (Lipinski definition) is 1. The molecule has 1 heteroatoms. The van der Waals surface area contributed by atoms with E-state index in [9.17, 15) is 0 Å². The molecule has 0 N–H and O–H groups in total. The van der Waals surface area contributed by atoms with E-state index in [0.717, 1.165) is 13.1 Å². The Morgan fingerprint density at radius 3 is 2.40 bits per heavy atom. The zero-order chi connectivity index (χ0) is 17.7. The van der Waals surface area contributed by atoms with Crippen molar-refractivity contribution < 1.29 is 0 Å². The SMILES string of the molecule is C=CC1(CCCC)CCN(c2cccc(-c3ccccc3)c2C)CC1. The van der Waals surface area contributed by atoms with Crippen LogP contribution in [-0.2, 0) is 0 Å². The Morgan fingerprint density at radius 1 is 1.04 bits per heavy atom. The van der Waals surface area contributed by atoms with Crippen LogP contribution in [0.15, 0.2) is 61.2 Å². The first-order valence-corrected chi connectivity index (χ1v) is 9.73. The normalized spacial score (nSPS) is 16.6. The first-order valence-electron chi connectivity index (χ1n) is 9.73. The van der Waals surface area contributed by atoms with E-state index in [4.69, 9.17) is 0 Å².